The number of hydrogen-bond acceptors (Lipinski definition) is 3. The Morgan fingerprint density at radius 1 is 1.31 bits per heavy atom. The van der Waals surface area contributed by atoms with Gasteiger partial charge in [0.1, 0.15) is 11.2 Å². The van der Waals surface area contributed by atoms with Gasteiger partial charge in [0.15, 0.2) is 5.78 Å². The quantitative estimate of drug-likeness (QED) is 0.620. The van der Waals surface area contributed by atoms with E-state index < -0.39 is 11.4 Å². The van der Waals surface area contributed by atoms with Crippen molar-refractivity contribution in [2.45, 2.75) is 12.8 Å². The van der Waals surface area contributed by atoms with Crippen LogP contribution in [-0.2, 0) is 4.79 Å². The normalized spacial score (nSPS) is 16.6. The molecule has 1 aromatic rings. The first-order chi connectivity index (χ1) is 7.62. The summed E-state index contributed by atoms with van der Waals surface area (Å²) in [6, 6.07) is 6.71. The molecule has 1 aromatic carbocycles. The predicted octanol–water partition coefficient (Wildman–Crippen LogP) is 1.74. The number of aliphatic carboxylic acids is 1. The van der Waals surface area contributed by atoms with E-state index in [0.717, 1.165) is 0 Å². The van der Waals surface area contributed by atoms with Crippen molar-refractivity contribution >= 4 is 11.8 Å². The van der Waals surface area contributed by atoms with Gasteiger partial charge in [-0.2, -0.15) is 0 Å². The molecule has 0 saturated heterocycles. The zero-order chi connectivity index (χ0) is 11.8. The fraction of sp³-hybridized carbons (Fsp3) is 0.333. The van der Waals surface area contributed by atoms with Gasteiger partial charge < -0.3 is 9.84 Å². The molecule has 0 amide bonds. The van der Waals surface area contributed by atoms with Crippen LogP contribution in [0.1, 0.15) is 23.2 Å². The molecular formula is C12H12O4. The smallest absolute Gasteiger partial charge is 0.317 e. The van der Waals surface area contributed by atoms with Crippen LogP contribution < -0.4 is 4.74 Å². The van der Waals surface area contributed by atoms with Crippen molar-refractivity contribution < 1.29 is 19.4 Å². The van der Waals surface area contributed by atoms with Crippen LogP contribution in [0.4, 0.5) is 0 Å². The molecule has 0 aromatic heterocycles. The van der Waals surface area contributed by atoms with Gasteiger partial charge in [-0.05, 0) is 25.0 Å². The average Bonchev–Trinajstić information content (AvgIpc) is 3.09. The number of ether oxygens (including phenoxy) is 1. The lowest BCUT2D eigenvalue weighted by Crippen LogP contribution is -2.25. The topological polar surface area (TPSA) is 63.6 Å². The summed E-state index contributed by atoms with van der Waals surface area (Å²) in [7, 11) is 1.46. The van der Waals surface area contributed by atoms with Crippen molar-refractivity contribution in [2.75, 3.05) is 7.11 Å². The number of hydrogen-bond donors (Lipinski definition) is 1. The highest BCUT2D eigenvalue weighted by Gasteiger charge is 2.57. The van der Waals surface area contributed by atoms with Crippen molar-refractivity contribution in [3.8, 4) is 5.75 Å². The second kappa shape index (κ2) is 3.63. The molecule has 0 atom stereocenters. The Hall–Kier alpha value is -1.84. The van der Waals surface area contributed by atoms with Crippen LogP contribution in [0.3, 0.4) is 0 Å². The standard InChI is InChI=1S/C12H12O4/c1-16-9-5-3-2-4-8(9)10(13)12(6-7-12)11(14)15/h2-5H,6-7H2,1H3,(H,14,15). The molecule has 0 spiro atoms. The Bertz CT molecular complexity index is 446. The third kappa shape index (κ3) is 1.46. The number of ketones is 1. The molecule has 1 aliphatic rings. The number of carboxylic acid groups (broad SMARTS) is 1. The fourth-order valence-electron chi connectivity index (χ4n) is 1.75. The Labute approximate surface area is 92.8 Å². The van der Waals surface area contributed by atoms with Crippen molar-refractivity contribution in [3.63, 3.8) is 0 Å². The van der Waals surface area contributed by atoms with Crippen molar-refractivity contribution in [3.05, 3.63) is 29.8 Å². The number of para-hydroxylation sites is 1. The highest BCUT2D eigenvalue weighted by Crippen LogP contribution is 2.49. The Kier molecular flexibility index (Phi) is 2.42. The van der Waals surface area contributed by atoms with Gasteiger partial charge in [-0.25, -0.2) is 0 Å². The van der Waals surface area contributed by atoms with Crippen molar-refractivity contribution in [2.24, 2.45) is 5.41 Å². The molecule has 16 heavy (non-hydrogen) atoms. The lowest BCUT2D eigenvalue weighted by Gasteiger charge is -2.11. The summed E-state index contributed by atoms with van der Waals surface area (Å²) >= 11 is 0. The molecular weight excluding hydrogens is 208 g/mol. The molecule has 84 valence electrons. The van der Waals surface area contributed by atoms with Crippen molar-refractivity contribution in [1.82, 2.24) is 0 Å². The molecule has 1 N–H and O–H groups in total. The van der Waals surface area contributed by atoms with Gasteiger partial charge in [-0.15, -0.1) is 0 Å². The summed E-state index contributed by atoms with van der Waals surface area (Å²) < 4.78 is 5.06. The summed E-state index contributed by atoms with van der Waals surface area (Å²) in [6.07, 6.45) is 0.832. The lowest BCUT2D eigenvalue weighted by atomic mass is 9.94. The monoisotopic (exact) mass is 220 g/mol. The summed E-state index contributed by atoms with van der Waals surface area (Å²) in [5, 5.41) is 9.04. The third-order valence-corrected chi connectivity index (χ3v) is 2.95. The fourth-order valence-corrected chi connectivity index (χ4v) is 1.75. The first-order valence-corrected chi connectivity index (χ1v) is 5.03. The van der Waals surface area contributed by atoms with Crippen LogP contribution >= 0.6 is 0 Å². The number of rotatable bonds is 4. The van der Waals surface area contributed by atoms with Crippen LogP contribution in [0.15, 0.2) is 24.3 Å². The number of benzene rings is 1. The van der Waals surface area contributed by atoms with Crippen LogP contribution in [0.5, 0.6) is 5.75 Å². The lowest BCUT2D eigenvalue weighted by molar-refractivity contribution is -0.141. The van der Waals surface area contributed by atoms with Gasteiger partial charge in [0.2, 0.25) is 0 Å². The summed E-state index contributed by atoms with van der Waals surface area (Å²) in [5.74, 6) is -0.958. The second-order valence-electron chi connectivity index (χ2n) is 3.92. The number of carbonyl (C=O) groups is 2. The van der Waals surface area contributed by atoms with Gasteiger partial charge in [-0.1, -0.05) is 12.1 Å². The van der Waals surface area contributed by atoms with Crippen LogP contribution in [0.2, 0.25) is 0 Å². The zero-order valence-corrected chi connectivity index (χ0v) is 8.90. The minimum absolute atomic E-state index is 0.350. The Balaban J connectivity index is 2.38. The number of carboxylic acids is 1. The van der Waals surface area contributed by atoms with Crippen molar-refractivity contribution in [1.29, 1.82) is 0 Å². The molecule has 0 radical (unpaired) electrons. The molecule has 0 unspecified atom stereocenters. The van der Waals surface area contributed by atoms with Crippen LogP contribution in [0, 0.1) is 5.41 Å². The number of methoxy groups -OCH3 is 1. The maximum absolute atomic E-state index is 12.1. The van der Waals surface area contributed by atoms with E-state index in [-0.39, 0.29) is 5.78 Å². The Morgan fingerprint density at radius 3 is 2.44 bits per heavy atom. The Morgan fingerprint density at radius 2 is 1.94 bits per heavy atom. The highest BCUT2D eigenvalue weighted by molar-refractivity contribution is 6.15. The van der Waals surface area contributed by atoms with Gasteiger partial charge >= 0.3 is 5.97 Å². The van der Waals surface area contributed by atoms with Gasteiger partial charge in [-0.3, -0.25) is 9.59 Å². The minimum atomic E-state index is -1.20. The zero-order valence-electron chi connectivity index (χ0n) is 8.90. The second-order valence-corrected chi connectivity index (χ2v) is 3.92. The number of Topliss-reactive ketones (excluding diaryl/α,β-unsaturated/α-hetero) is 1. The third-order valence-electron chi connectivity index (χ3n) is 2.95. The average molecular weight is 220 g/mol. The van der Waals surface area contributed by atoms with Crippen LogP contribution in [-0.4, -0.2) is 24.0 Å². The maximum atomic E-state index is 12.1. The SMILES string of the molecule is COc1ccccc1C(=O)C1(C(=O)O)CC1. The van der Waals surface area contributed by atoms with Gasteiger partial charge in [0.25, 0.3) is 0 Å². The molecule has 1 aliphatic carbocycles. The van der Waals surface area contributed by atoms with E-state index in [1.807, 2.05) is 0 Å². The molecule has 0 heterocycles. The summed E-state index contributed by atoms with van der Waals surface area (Å²) in [4.78, 5) is 23.1. The first kappa shape index (κ1) is 10.7. The van der Waals surface area contributed by atoms with E-state index in [1.165, 1.54) is 7.11 Å². The molecule has 4 heteroatoms. The van der Waals surface area contributed by atoms with E-state index in [9.17, 15) is 9.59 Å². The van der Waals surface area contributed by atoms with Gasteiger partial charge in [0, 0.05) is 0 Å². The molecule has 0 aliphatic heterocycles. The number of carbonyl (C=O) groups excluding carboxylic acids is 1. The van der Waals surface area contributed by atoms with E-state index in [4.69, 9.17) is 9.84 Å². The molecule has 1 fully saturated rings. The molecule has 0 bridgehead atoms. The molecule has 2 rings (SSSR count). The minimum Gasteiger partial charge on any atom is -0.496 e. The molecule has 4 nitrogen and oxygen atoms in total. The maximum Gasteiger partial charge on any atom is 0.317 e. The van der Waals surface area contributed by atoms with E-state index >= 15 is 0 Å². The summed E-state index contributed by atoms with van der Waals surface area (Å²) in [6.45, 7) is 0. The molecule has 1 saturated carbocycles. The van der Waals surface area contributed by atoms with E-state index in [1.54, 1.807) is 24.3 Å². The first-order valence-electron chi connectivity index (χ1n) is 5.03. The highest BCUT2D eigenvalue weighted by atomic mass is 16.5. The predicted molar refractivity (Wildman–Crippen MR) is 56.6 cm³/mol. The largest absolute Gasteiger partial charge is 0.496 e. The summed E-state index contributed by atoms with van der Waals surface area (Å²) in [5.41, 5.74) is -0.848. The van der Waals surface area contributed by atoms with Gasteiger partial charge in [0.05, 0.1) is 12.7 Å². The van der Waals surface area contributed by atoms with E-state index in [0.29, 0.717) is 24.2 Å². The van der Waals surface area contributed by atoms with E-state index in [2.05, 4.69) is 0 Å². The van der Waals surface area contributed by atoms with Crippen LogP contribution in [0.25, 0.3) is 0 Å².